The molecule has 1 atom stereocenters. The molecule has 0 radical (unpaired) electrons. The molecule has 152 valence electrons. The van der Waals surface area contributed by atoms with E-state index in [2.05, 4.69) is 0 Å². The summed E-state index contributed by atoms with van der Waals surface area (Å²) in [5, 5.41) is 0. The van der Waals surface area contributed by atoms with E-state index in [9.17, 15) is 18.8 Å². The van der Waals surface area contributed by atoms with Crippen molar-refractivity contribution in [3.63, 3.8) is 0 Å². The van der Waals surface area contributed by atoms with Crippen molar-refractivity contribution in [2.75, 3.05) is 24.7 Å². The average molecular weight is 402 g/mol. The summed E-state index contributed by atoms with van der Waals surface area (Å²) in [6.45, 7) is -0.669. The first-order chi connectivity index (χ1) is 13.9. The van der Waals surface area contributed by atoms with Gasteiger partial charge in [0.1, 0.15) is 12.4 Å². The van der Waals surface area contributed by atoms with E-state index in [1.165, 1.54) is 29.2 Å². The summed E-state index contributed by atoms with van der Waals surface area (Å²) in [7, 11) is 0. The van der Waals surface area contributed by atoms with E-state index in [0.717, 1.165) is 0 Å². The Bertz CT molecular complexity index is 902. The van der Waals surface area contributed by atoms with Crippen molar-refractivity contribution in [1.82, 2.24) is 0 Å². The fourth-order valence-electron chi connectivity index (χ4n) is 2.68. The van der Waals surface area contributed by atoms with Gasteiger partial charge in [0.2, 0.25) is 12.0 Å². The molecule has 9 heteroatoms. The van der Waals surface area contributed by atoms with E-state index in [4.69, 9.17) is 19.9 Å². The SMILES string of the molecule is NC(=O)CCN(C(=O)COC(=O)C1COc2ccccc2O1)c1ccc(F)cc1. The smallest absolute Gasteiger partial charge is 0.351 e. The van der Waals surface area contributed by atoms with Gasteiger partial charge >= 0.3 is 5.97 Å². The number of hydrogen-bond acceptors (Lipinski definition) is 6. The number of carbonyl (C=O) groups excluding carboxylic acids is 3. The number of amides is 2. The lowest BCUT2D eigenvalue weighted by atomic mass is 10.2. The molecule has 0 bridgehead atoms. The third-order valence-electron chi connectivity index (χ3n) is 4.13. The number of nitrogens with zero attached hydrogens (tertiary/aromatic N) is 1. The number of rotatable bonds is 7. The average Bonchev–Trinajstić information content (AvgIpc) is 2.72. The molecule has 0 aliphatic carbocycles. The molecule has 0 spiro atoms. The molecule has 0 fully saturated rings. The first-order valence-electron chi connectivity index (χ1n) is 8.83. The van der Waals surface area contributed by atoms with Crippen LogP contribution in [0.15, 0.2) is 48.5 Å². The summed E-state index contributed by atoms with van der Waals surface area (Å²) in [6.07, 6.45) is -1.12. The van der Waals surface area contributed by atoms with Crippen LogP contribution in [0.1, 0.15) is 6.42 Å². The third kappa shape index (κ3) is 5.22. The molecule has 0 aromatic heterocycles. The minimum absolute atomic E-state index is 0.0340. The van der Waals surface area contributed by atoms with Crippen LogP contribution in [0.4, 0.5) is 10.1 Å². The van der Waals surface area contributed by atoms with Crippen molar-refractivity contribution in [3.05, 3.63) is 54.3 Å². The van der Waals surface area contributed by atoms with Gasteiger partial charge in [-0.15, -0.1) is 0 Å². The van der Waals surface area contributed by atoms with E-state index < -0.39 is 36.3 Å². The largest absolute Gasteiger partial charge is 0.485 e. The molecule has 0 saturated carbocycles. The summed E-state index contributed by atoms with van der Waals surface area (Å²) in [5.41, 5.74) is 5.50. The highest BCUT2D eigenvalue weighted by atomic mass is 19.1. The maximum Gasteiger partial charge on any atom is 0.351 e. The number of anilines is 1. The quantitative estimate of drug-likeness (QED) is 0.702. The van der Waals surface area contributed by atoms with Crippen LogP contribution in [0.5, 0.6) is 11.5 Å². The Hall–Kier alpha value is -3.62. The molecule has 1 aliphatic heterocycles. The topological polar surface area (TPSA) is 108 Å². The van der Waals surface area contributed by atoms with Gasteiger partial charge in [-0.25, -0.2) is 9.18 Å². The van der Waals surface area contributed by atoms with E-state index >= 15 is 0 Å². The molecular formula is C20H19FN2O6. The highest BCUT2D eigenvalue weighted by Crippen LogP contribution is 2.31. The Labute approximate surface area is 165 Å². The van der Waals surface area contributed by atoms with Gasteiger partial charge in [0.25, 0.3) is 5.91 Å². The Kier molecular flexibility index (Phi) is 6.28. The number of para-hydroxylation sites is 2. The van der Waals surface area contributed by atoms with Crippen LogP contribution in [-0.4, -0.2) is 43.6 Å². The molecule has 1 aliphatic rings. The molecule has 29 heavy (non-hydrogen) atoms. The fraction of sp³-hybridized carbons (Fsp3) is 0.250. The number of fused-ring (bicyclic) bond motifs is 1. The molecule has 2 aromatic carbocycles. The van der Waals surface area contributed by atoms with Gasteiger partial charge < -0.3 is 24.8 Å². The number of primary amides is 1. The van der Waals surface area contributed by atoms with Crippen LogP contribution in [0.25, 0.3) is 0 Å². The Balaban J connectivity index is 1.61. The number of ether oxygens (including phenoxy) is 3. The van der Waals surface area contributed by atoms with Crippen molar-refractivity contribution in [3.8, 4) is 11.5 Å². The van der Waals surface area contributed by atoms with Crippen molar-refractivity contribution >= 4 is 23.5 Å². The van der Waals surface area contributed by atoms with Gasteiger partial charge in [-0.1, -0.05) is 12.1 Å². The van der Waals surface area contributed by atoms with E-state index in [0.29, 0.717) is 17.2 Å². The van der Waals surface area contributed by atoms with Crippen LogP contribution < -0.4 is 20.1 Å². The second-order valence-electron chi connectivity index (χ2n) is 6.21. The lowest BCUT2D eigenvalue weighted by Crippen LogP contribution is -2.41. The first-order valence-corrected chi connectivity index (χ1v) is 8.83. The van der Waals surface area contributed by atoms with Gasteiger partial charge in [0.15, 0.2) is 18.1 Å². The maximum absolute atomic E-state index is 13.2. The number of carbonyl (C=O) groups is 3. The standard InChI is InChI=1S/C20H19FN2O6/c21-13-5-7-14(8-6-13)23(10-9-18(22)24)19(25)12-28-20(26)17-11-27-15-3-1-2-4-16(15)29-17/h1-8,17H,9-12H2,(H2,22,24). The Morgan fingerprint density at radius 1 is 1.10 bits per heavy atom. The predicted molar refractivity (Wildman–Crippen MR) is 99.9 cm³/mol. The number of hydrogen-bond donors (Lipinski definition) is 1. The number of nitrogens with two attached hydrogens (primary N) is 1. The molecule has 2 amide bonds. The van der Waals surface area contributed by atoms with Gasteiger partial charge in [-0.05, 0) is 36.4 Å². The first kappa shape index (κ1) is 20.1. The third-order valence-corrected chi connectivity index (χ3v) is 4.13. The van der Waals surface area contributed by atoms with Crippen molar-refractivity contribution in [2.45, 2.75) is 12.5 Å². The Morgan fingerprint density at radius 2 is 1.79 bits per heavy atom. The molecular weight excluding hydrogens is 383 g/mol. The maximum atomic E-state index is 13.2. The molecule has 0 saturated heterocycles. The van der Waals surface area contributed by atoms with Crippen molar-refractivity contribution in [2.24, 2.45) is 5.73 Å². The van der Waals surface area contributed by atoms with Crippen LogP contribution in [-0.2, 0) is 19.1 Å². The summed E-state index contributed by atoms with van der Waals surface area (Å²) in [4.78, 5) is 37.1. The van der Waals surface area contributed by atoms with E-state index in [-0.39, 0.29) is 19.6 Å². The second kappa shape index (κ2) is 9.05. The molecule has 3 rings (SSSR count). The number of esters is 1. The lowest BCUT2D eigenvalue weighted by molar-refractivity contribution is -0.157. The van der Waals surface area contributed by atoms with Gasteiger partial charge in [0.05, 0.1) is 0 Å². The van der Waals surface area contributed by atoms with Crippen molar-refractivity contribution < 1.29 is 33.0 Å². The number of benzene rings is 2. The summed E-state index contributed by atoms with van der Waals surface area (Å²) in [6, 6.07) is 12.0. The fourth-order valence-corrected chi connectivity index (χ4v) is 2.68. The van der Waals surface area contributed by atoms with Crippen molar-refractivity contribution in [1.29, 1.82) is 0 Å². The minimum Gasteiger partial charge on any atom is -0.485 e. The molecule has 2 N–H and O–H groups in total. The monoisotopic (exact) mass is 402 g/mol. The minimum atomic E-state index is -1.01. The van der Waals surface area contributed by atoms with Crippen LogP contribution in [0.2, 0.25) is 0 Å². The molecule has 1 heterocycles. The second-order valence-corrected chi connectivity index (χ2v) is 6.21. The zero-order valence-electron chi connectivity index (χ0n) is 15.4. The molecule has 8 nitrogen and oxygen atoms in total. The highest BCUT2D eigenvalue weighted by Gasteiger charge is 2.29. The summed E-state index contributed by atoms with van der Waals surface area (Å²) in [5.74, 6) is -1.52. The van der Waals surface area contributed by atoms with Gasteiger partial charge in [0, 0.05) is 18.7 Å². The van der Waals surface area contributed by atoms with Crippen LogP contribution >= 0.6 is 0 Å². The van der Waals surface area contributed by atoms with E-state index in [1.807, 2.05) is 0 Å². The molecule has 2 aromatic rings. The summed E-state index contributed by atoms with van der Waals surface area (Å²) < 4.78 is 29.2. The molecule has 1 unspecified atom stereocenters. The van der Waals surface area contributed by atoms with Gasteiger partial charge in [-0.3, -0.25) is 9.59 Å². The zero-order valence-corrected chi connectivity index (χ0v) is 15.4. The van der Waals surface area contributed by atoms with Crippen LogP contribution in [0, 0.1) is 5.82 Å². The number of halogens is 1. The highest BCUT2D eigenvalue weighted by molar-refractivity contribution is 5.96. The summed E-state index contributed by atoms with van der Waals surface area (Å²) >= 11 is 0. The van der Waals surface area contributed by atoms with E-state index in [1.54, 1.807) is 24.3 Å². The lowest BCUT2D eigenvalue weighted by Gasteiger charge is -2.26. The zero-order chi connectivity index (χ0) is 20.8. The predicted octanol–water partition coefficient (Wildman–Crippen LogP) is 1.42. The Morgan fingerprint density at radius 3 is 2.48 bits per heavy atom. The van der Waals surface area contributed by atoms with Crippen LogP contribution in [0.3, 0.4) is 0 Å². The van der Waals surface area contributed by atoms with Gasteiger partial charge in [-0.2, -0.15) is 0 Å². The normalized spacial score (nSPS) is 14.7.